The lowest BCUT2D eigenvalue weighted by Crippen LogP contribution is -2.20. The first kappa shape index (κ1) is 18.8. The van der Waals surface area contributed by atoms with Crippen LogP contribution in [0.1, 0.15) is 11.1 Å². The Morgan fingerprint density at radius 1 is 0.963 bits per heavy atom. The zero-order valence-electron chi connectivity index (χ0n) is 15.2. The van der Waals surface area contributed by atoms with Crippen molar-refractivity contribution in [2.75, 3.05) is 11.9 Å². The molecule has 0 unspecified atom stereocenters. The van der Waals surface area contributed by atoms with Crippen LogP contribution in [0.5, 0.6) is 17.2 Å². The zero-order valence-corrected chi connectivity index (χ0v) is 15.9. The van der Waals surface area contributed by atoms with E-state index in [9.17, 15) is 4.79 Å². The smallest absolute Gasteiger partial charge is 0.262 e. The van der Waals surface area contributed by atoms with Crippen LogP contribution in [-0.2, 0) is 4.79 Å². The summed E-state index contributed by atoms with van der Waals surface area (Å²) in [5.41, 5.74) is 2.61. The molecule has 0 radical (unpaired) electrons. The van der Waals surface area contributed by atoms with Crippen molar-refractivity contribution in [2.24, 2.45) is 0 Å². The molecular weight excluding hydrogens is 362 g/mol. The highest BCUT2D eigenvalue weighted by atomic mass is 35.5. The van der Waals surface area contributed by atoms with Gasteiger partial charge in [0, 0.05) is 5.02 Å². The van der Waals surface area contributed by atoms with Gasteiger partial charge in [0.1, 0.15) is 11.5 Å². The van der Waals surface area contributed by atoms with Gasteiger partial charge in [-0.1, -0.05) is 41.9 Å². The number of para-hydroxylation sites is 1. The van der Waals surface area contributed by atoms with Gasteiger partial charge >= 0.3 is 0 Å². The molecule has 3 rings (SSSR count). The van der Waals surface area contributed by atoms with Crippen LogP contribution in [0.4, 0.5) is 5.69 Å². The highest BCUT2D eigenvalue weighted by Crippen LogP contribution is 2.32. The van der Waals surface area contributed by atoms with E-state index in [1.807, 2.05) is 62.4 Å². The quantitative estimate of drug-likeness (QED) is 0.589. The number of nitrogens with one attached hydrogen (secondary N) is 1. The van der Waals surface area contributed by atoms with Crippen LogP contribution in [0.25, 0.3) is 0 Å². The Morgan fingerprint density at radius 3 is 2.52 bits per heavy atom. The molecule has 0 atom stereocenters. The van der Waals surface area contributed by atoms with E-state index < -0.39 is 0 Å². The van der Waals surface area contributed by atoms with Crippen LogP contribution in [0.3, 0.4) is 0 Å². The van der Waals surface area contributed by atoms with E-state index in [2.05, 4.69) is 5.32 Å². The second-order valence-corrected chi connectivity index (χ2v) is 6.53. The molecule has 0 aliphatic carbocycles. The van der Waals surface area contributed by atoms with Crippen LogP contribution in [-0.4, -0.2) is 12.5 Å². The summed E-state index contributed by atoms with van der Waals surface area (Å²) >= 11 is 6.08. The number of ether oxygens (including phenoxy) is 2. The first-order valence-corrected chi connectivity index (χ1v) is 8.92. The van der Waals surface area contributed by atoms with Gasteiger partial charge < -0.3 is 14.8 Å². The van der Waals surface area contributed by atoms with Crippen molar-refractivity contribution in [3.8, 4) is 17.2 Å². The monoisotopic (exact) mass is 381 g/mol. The molecule has 4 nitrogen and oxygen atoms in total. The summed E-state index contributed by atoms with van der Waals surface area (Å²) in [7, 11) is 0. The van der Waals surface area contributed by atoms with E-state index in [0.29, 0.717) is 28.0 Å². The van der Waals surface area contributed by atoms with Crippen molar-refractivity contribution in [3.63, 3.8) is 0 Å². The van der Waals surface area contributed by atoms with Crippen LogP contribution in [0.2, 0.25) is 5.02 Å². The summed E-state index contributed by atoms with van der Waals surface area (Å²) in [4.78, 5) is 12.4. The molecule has 0 aliphatic heterocycles. The number of rotatable bonds is 6. The Kier molecular flexibility index (Phi) is 5.99. The molecular formula is C22H20ClNO3. The number of amides is 1. The number of carbonyl (C=O) groups excluding carboxylic acids is 1. The van der Waals surface area contributed by atoms with Gasteiger partial charge in [-0.3, -0.25) is 4.79 Å². The molecule has 3 aromatic rings. The molecule has 27 heavy (non-hydrogen) atoms. The van der Waals surface area contributed by atoms with Crippen LogP contribution in [0, 0.1) is 13.8 Å². The lowest BCUT2D eigenvalue weighted by atomic mass is 10.1. The van der Waals surface area contributed by atoms with Crippen LogP contribution >= 0.6 is 11.6 Å². The number of halogens is 1. The molecule has 5 heteroatoms. The fraction of sp³-hybridized carbons (Fsp3) is 0.136. The second-order valence-electron chi connectivity index (χ2n) is 6.09. The van der Waals surface area contributed by atoms with Crippen molar-refractivity contribution in [3.05, 3.63) is 82.9 Å². The molecule has 0 bridgehead atoms. The minimum absolute atomic E-state index is 0.110. The van der Waals surface area contributed by atoms with Crippen LogP contribution < -0.4 is 14.8 Å². The molecule has 1 amide bonds. The maximum absolute atomic E-state index is 12.4. The summed E-state index contributed by atoms with van der Waals surface area (Å²) in [6.07, 6.45) is 0. The van der Waals surface area contributed by atoms with Gasteiger partial charge in [0.25, 0.3) is 5.91 Å². The topological polar surface area (TPSA) is 47.6 Å². The van der Waals surface area contributed by atoms with Gasteiger partial charge in [0.15, 0.2) is 12.4 Å². The van der Waals surface area contributed by atoms with Gasteiger partial charge in [-0.25, -0.2) is 0 Å². The van der Waals surface area contributed by atoms with E-state index in [4.69, 9.17) is 21.1 Å². The Bertz CT molecular complexity index is 942. The third-order valence-electron chi connectivity index (χ3n) is 4.10. The minimum atomic E-state index is -0.295. The normalized spacial score (nSPS) is 10.3. The van der Waals surface area contributed by atoms with Gasteiger partial charge in [-0.15, -0.1) is 0 Å². The number of hydrogen-bond donors (Lipinski definition) is 1. The van der Waals surface area contributed by atoms with Crippen molar-refractivity contribution < 1.29 is 14.3 Å². The average molecular weight is 382 g/mol. The predicted molar refractivity (Wildman–Crippen MR) is 108 cm³/mol. The number of benzene rings is 3. The Labute approximate surface area is 163 Å². The second kappa shape index (κ2) is 8.60. The molecule has 1 N–H and O–H groups in total. The maximum Gasteiger partial charge on any atom is 0.262 e. The number of hydrogen-bond acceptors (Lipinski definition) is 3. The van der Waals surface area contributed by atoms with Gasteiger partial charge in [0.05, 0.1) is 5.69 Å². The highest BCUT2D eigenvalue weighted by molar-refractivity contribution is 6.31. The number of aryl methyl sites for hydroxylation is 1. The summed E-state index contributed by atoms with van der Waals surface area (Å²) in [6, 6.07) is 20.2. The third-order valence-corrected chi connectivity index (χ3v) is 4.34. The van der Waals surface area contributed by atoms with Gasteiger partial charge in [0.2, 0.25) is 0 Å². The van der Waals surface area contributed by atoms with Crippen molar-refractivity contribution in [2.45, 2.75) is 13.8 Å². The minimum Gasteiger partial charge on any atom is -0.483 e. The molecule has 0 fully saturated rings. The fourth-order valence-corrected chi connectivity index (χ4v) is 2.69. The Hall–Kier alpha value is -2.98. The SMILES string of the molecule is Cc1cccc(OCC(=O)Nc2cc(Cl)ccc2Oc2ccccc2)c1C. The van der Waals surface area contributed by atoms with Gasteiger partial charge in [-0.05, 0) is 61.4 Å². The van der Waals surface area contributed by atoms with Crippen molar-refractivity contribution in [1.29, 1.82) is 0 Å². The standard InChI is InChI=1S/C22H20ClNO3/c1-15-7-6-10-20(16(15)2)26-14-22(25)24-19-13-17(23)11-12-21(19)27-18-8-4-3-5-9-18/h3-13H,14H2,1-2H3,(H,24,25). The Balaban J connectivity index is 1.70. The zero-order chi connectivity index (χ0) is 19.2. The van der Waals surface area contributed by atoms with E-state index >= 15 is 0 Å². The van der Waals surface area contributed by atoms with Gasteiger partial charge in [-0.2, -0.15) is 0 Å². The Morgan fingerprint density at radius 2 is 1.74 bits per heavy atom. The molecule has 0 aliphatic rings. The number of anilines is 1. The summed E-state index contributed by atoms with van der Waals surface area (Å²) in [5.74, 6) is 1.57. The van der Waals surface area contributed by atoms with Crippen LogP contribution in [0.15, 0.2) is 66.7 Å². The summed E-state index contributed by atoms with van der Waals surface area (Å²) in [6.45, 7) is 3.86. The van der Waals surface area contributed by atoms with Crippen molar-refractivity contribution in [1.82, 2.24) is 0 Å². The maximum atomic E-state index is 12.4. The average Bonchev–Trinajstić information content (AvgIpc) is 2.66. The van der Waals surface area contributed by atoms with E-state index in [-0.39, 0.29) is 12.5 Å². The molecule has 3 aromatic carbocycles. The molecule has 0 saturated carbocycles. The lowest BCUT2D eigenvalue weighted by Gasteiger charge is -2.14. The molecule has 138 valence electrons. The first-order chi connectivity index (χ1) is 13.0. The lowest BCUT2D eigenvalue weighted by molar-refractivity contribution is -0.118. The predicted octanol–water partition coefficient (Wildman–Crippen LogP) is 5.77. The van der Waals surface area contributed by atoms with E-state index in [1.54, 1.807) is 18.2 Å². The third kappa shape index (κ3) is 5.02. The summed E-state index contributed by atoms with van der Waals surface area (Å²) in [5, 5.41) is 3.30. The summed E-state index contributed by atoms with van der Waals surface area (Å²) < 4.78 is 11.5. The molecule has 0 spiro atoms. The highest BCUT2D eigenvalue weighted by Gasteiger charge is 2.11. The van der Waals surface area contributed by atoms with E-state index in [0.717, 1.165) is 11.1 Å². The molecule has 0 saturated heterocycles. The van der Waals surface area contributed by atoms with E-state index in [1.165, 1.54) is 0 Å². The largest absolute Gasteiger partial charge is 0.483 e. The fourth-order valence-electron chi connectivity index (χ4n) is 2.51. The molecule has 0 aromatic heterocycles. The first-order valence-electron chi connectivity index (χ1n) is 8.54. The number of carbonyl (C=O) groups is 1. The van der Waals surface area contributed by atoms with Crippen molar-refractivity contribution >= 4 is 23.2 Å². The molecule has 0 heterocycles.